The van der Waals surface area contributed by atoms with Crippen molar-refractivity contribution in [1.82, 2.24) is 16.0 Å². The summed E-state index contributed by atoms with van der Waals surface area (Å²) in [5, 5.41) is 25.1. The van der Waals surface area contributed by atoms with Gasteiger partial charge < -0.3 is 37.6 Å². The van der Waals surface area contributed by atoms with Gasteiger partial charge in [0, 0.05) is 0 Å². The van der Waals surface area contributed by atoms with Gasteiger partial charge in [-0.25, -0.2) is 4.79 Å². The molecule has 0 aromatic carbocycles. The van der Waals surface area contributed by atoms with E-state index in [9.17, 15) is 33.9 Å². The van der Waals surface area contributed by atoms with E-state index in [0.717, 1.165) is 0 Å². The Morgan fingerprint density at radius 2 is 1.30 bits per heavy atom. The average Bonchev–Trinajstić information content (AvgIpc) is 2.68. The maximum absolute atomic E-state index is 12.7. The van der Waals surface area contributed by atoms with Crippen molar-refractivity contribution in [1.29, 1.82) is 0 Å². The molecule has 5 atom stereocenters. The third kappa shape index (κ3) is 11.3. The van der Waals surface area contributed by atoms with Crippen molar-refractivity contribution in [3.63, 3.8) is 0 Å². The van der Waals surface area contributed by atoms with Gasteiger partial charge in [-0.3, -0.25) is 24.0 Å². The number of hydrogen-bond acceptors (Lipinski definition) is 7. The van der Waals surface area contributed by atoms with Crippen LogP contribution in [0.15, 0.2) is 0 Å². The van der Waals surface area contributed by atoms with E-state index in [1.54, 1.807) is 13.8 Å². The fourth-order valence-corrected chi connectivity index (χ4v) is 2.90. The van der Waals surface area contributed by atoms with Crippen LogP contribution >= 0.6 is 0 Å². The molecule has 0 heterocycles. The van der Waals surface area contributed by atoms with Gasteiger partial charge in [0.1, 0.15) is 18.1 Å². The molecule has 9 N–H and O–H groups in total. The molecular formula is C20H35N5O8. The predicted molar refractivity (Wildman–Crippen MR) is 116 cm³/mol. The second kappa shape index (κ2) is 14.0. The maximum Gasteiger partial charge on any atom is 0.326 e. The minimum Gasteiger partial charge on any atom is -0.481 e. The van der Waals surface area contributed by atoms with Crippen LogP contribution in [0.1, 0.15) is 53.4 Å². The van der Waals surface area contributed by atoms with Crippen LogP contribution in [0.4, 0.5) is 0 Å². The highest BCUT2D eigenvalue weighted by Crippen LogP contribution is 2.09. The van der Waals surface area contributed by atoms with E-state index in [-0.39, 0.29) is 12.3 Å². The molecule has 0 aliphatic carbocycles. The summed E-state index contributed by atoms with van der Waals surface area (Å²) < 4.78 is 0. The summed E-state index contributed by atoms with van der Waals surface area (Å²) in [5.41, 5.74) is 10.9. The molecule has 0 aliphatic heterocycles. The Hall–Kier alpha value is -3.22. The van der Waals surface area contributed by atoms with E-state index in [1.165, 1.54) is 0 Å². The first-order valence-electron chi connectivity index (χ1n) is 10.6. The Balaban J connectivity index is 5.59. The van der Waals surface area contributed by atoms with Crippen molar-refractivity contribution in [2.24, 2.45) is 23.3 Å². The lowest BCUT2D eigenvalue weighted by Gasteiger charge is -2.25. The summed E-state index contributed by atoms with van der Waals surface area (Å²) in [6.07, 6.45) is -0.786. The first-order chi connectivity index (χ1) is 15.2. The molecule has 0 bridgehead atoms. The summed E-state index contributed by atoms with van der Waals surface area (Å²) in [4.78, 5) is 71.7. The number of carboxylic acid groups (broad SMARTS) is 2. The number of primary amides is 1. The summed E-state index contributed by atoms with van der Waals surface area (Å²) >= 11 is 0. The molecule has 0 rings (SSSR count). The van der Waals surface area contributed by atoms with Crippen molar-refractivity contribution in [3.05, 3.63) is 0 Å². The highest BCUT2D eigenvalue weighted by atomic mass is 16.4. The van der Waals surface area contributed by atoms with Crippen molar-refractivity contribution >= 4 is 35.6 Å². The summed E-state index contributed by atoms with van der Waals surface area (Å²) in [6.45, 7) is 6.97. The molecule has 13 heteroatoms. The molecule has 0 aromatic heterocycles. The smallest absolute Gasteiger partial charge is 0.326 e. The molecule has 33 heavy (non-hydrogen) atoms. The van der Waals surface area contributed by atoms with Crippen LogP contribution in [0, 0.1) is 11.8 Å². The zero-order chi connectivity index (χ0) is 25.9. The zero-order valence-corrected chi connectivity index (χ0v) is 19.3. The lowest BCUT2D eigenvalue weighted by Crippen LogP contribution is -2.58. The minimum atomic E-state index is -1.60. The first-order valence-corrected chi connectivity index (χ1v) is 10.6. The monoisotopic (exact) mass is 473 g/mol. The van der Waals surface area contributed by atoms with Crippen molar-refractivity contribution in [2.75, 3.05) is 0 Å². The Labute approximate surface area is 192 Å². The van der Waals surface area contributed by atoms with Gasteiger partial charge in [0.2, 0.25) is 23.6 Å². The molecule has 0 saturated heterocycles. The largest absolute Gasteiger partial charge is 0.481 e. The van der Waals surface area contributed by atoms with E-state index < -0.39 is 78.5 Å². The molecular weight excluding hydrogens is 438 g/mol. The molecule has 0 aliphatic rings. The van der Waals surface area contributed by atoms with E-state index in [1.807, 2.05) is 13.8 Å². The lowest BCUT2D eigenvalue weighted by atomic mass is 9.98. The normalized spacial score (nSPS) is 15.5. The fraction of sp³-hybridized carbons (Fsp3) is 0.700. The molecule has 13 nitrogen and oxygen atoms in total. The van der Waals surface area contributed by atoms with Gasteiger partial charge in [0.15, 0.2) is 0 Å². The van der Waals surface area contributed by atoms with Gasteiger partial charge in [-0.2, -0.15) is 0 Å². The minimum absolute atomic E-state index is 0.0637. The van der Waals surface area contributed by atoms with Crippen molar-refractivity contribution in [3.8, 4) is 0 Å². The SMILES string of the molecule is CCC(C)C(NC(=O)C(CC(N)=O)NC(=O)C(CC(=O)O)NC(=O)C(N)CC(C)C)C(=O)O. The number of carbonyl (C=O) groups excluding carboxylic acids is 4. The van der Waals surface area contributed by atoms with E-state index in [4.69, 9.17) is 16.6 Å². The topological polar surface area (TPSA) is 231 Å². The van der Waals surface area contributed by atoms with Crippen LogP contribution in [0.25, 0.3) is 0 Å². The molecule has 188 valence electrons. The molecule has 0 saturated carbocycles. The van der Waals surface area contributed by atoms with E-state index in [0.29, 0.717) is 6.42 Å². The third-order valence-electron chi connectivity index (χ3n) is 4.89. The predicted octanol–water partition coefficient (Wildman–Crippen LogP) is -1.70. The standard InChI is InChI=1S/C20H35N5O8/c1-5-10(4)16(20(32)33)25-19(31)12(7-14(22)26)24-18(30)13(8-15(27)28)23-17(29)11(21)6-9(2)3/h9-13,16H,5-8,21H2,1-4H3,(H2,22,26)(H,23,29)(H,24,30)(H,25,31)(H,27,28)(H,32,33). The number of hydrogen-bond donors (Lipinski definition) is 7. The highest BCUT2D eigenvalue weighted by Gasteiger charge is 2.33. The second-order valence-electron chi connectivity index (χ2n) is 8.34. The fourth-order valence-electron chi connectivity index (χ4n) is 2.90. The molecule has 0 radical (unpaired) electrons. The number of carboxylic acids is 2. The Morgan fingerprint density at radius 1 is 0.818 bits per heavy atom. The summed E-state index contributed by atoms with van der Waals surface area (Å²) in [5.74, 6) is -6.91. The van der Waals surface area contributed by atoms with Crippen LogP contribution in [-0.4, -0.2) is 69.9 Å². The van der Waals surface area contributed by atoms with Gasteiger partial charge in [-0.05, 0) is 18.3 Å². The second-order valence-corrected chi connectivity index (χ2v) is 8.34. The number of aliphatic carboxylic acids is 2. The maximum atomic E-state index is 12.7. The third-order valence-corrected chi connectivity index (χ3v) is 4.89. The molecule has 4 amide bonds. The van der Waals surface area contributed by atoms with E-state index >= 15 is 0 Å². The highest BCUT2D eigenvalue weighted by molar-refractivity contribution is 5.97. The van der Waals surface area contributed by atoms with Crippen LogP contribution < -0.4 is 27.4 Å². The Bertz CT molecular complexity index is 742. The first kappa shape index (κ1) is 29.8. The van der Waals surface area contributed by atoms with Crippen LogP contribution in [0.5, 0.6) is 0 Å². The number of rotatable bonds is 15. The summed E-state index contributed by atoms with van der Waals surface area (Å²) in [6, 6.07) is -5.47. The molecule has 5 unspecified atom stereocenters. The van der Waals surface area contributed by atoms with Gasteiger partial charge in [0.25, 0.3) is 0 Å². The molecule has 0 fully saturated rings. The number of nitrogens with two attached hydrogens (primary N) is 2. The quantitative estimate of drug-likeness (QED) is 0.143. The summed E-state index contributed by atoms with van der Waals surface area (Å²) in [7, 11) is 0. The molecule has 0 aromatic rings. The van der Waals surface area contributed by atoms with Crippen molar-refractivity contribution in [2.45, 2.75) is 77.5 Å². The van der Waals surface area contributed by atoms with Gasteiger partial charge in [-0.15, -0.1) is 0 Å². The Kier molecular flexibility index (Phi) is 12.7. The Morgan fingerprint density at radius 3 is 1.73 bits per heavy atom. The number of amides is 4. The van der Waals surface area contributed by atoms with Crippen LogP contribution in [-0.2, 0) is 28.8 Å². The van der Waals surface area contributed by atoms with Crippen molar-refractivity contribution < 1.29 is 39.0 Å². The van der Waals surface area contributed by atoms with Gasteiger partial charge >= 0.3 is 11.9 Å². The van der Waals surface area contributed by atoms with Gasteiger partial charge in [0.05, 0.1) is 18.9 Å². The van der Waals surface area contributed by atoms with E-state index in [2.05, 4.69) is 16.0 Å². The number of carbonyl (C=O) groups is 6. The number of nitrogens with one attached hydrogen (secondary N) is 3. The average molecular weight is 474 g/mol. The van der Waals surface area contributed by atoms with Crippen LogP contribution in [0.2, 0.25) is 0 Å². The van der Waals surface area contributed by atoms with Gasteiger partial charge in [-0.1, -0.05) is 34.1 Å². The van der Waals surface area contributed by atoms with Crippen LogP contribution in [0.3, 0.4) is 0 Å². The molecule has 0 spiro atoms. The lowest BCUT2D eigenvalue weighted by molar-refractivity contribution is -0.144. The zero-order valence-electron chi connectivity index (χ0n) is 19.3.